The van der Waals surface area contributed by atoms with E-state index in [1.165, 1.54) is 22.6 Å². The van der Waals surface area contributed by atoms with E-state index in [2.05, 4.69) is 5.32 Å². The molecular formula is C39H34F3N3O8. The molecule has 11 nitrogen and oxygen atoms in total. The van der Waals surface area contributed by atoms with Gasteiger partial charge in [0.15, 0.2) is 6.61 Å². The van der Waals surface area contributed by atoms with Gasteiger partial charge in [0, 0.05) is 22.9 Å². The molecule has 5 aromatic rings. The fourth-order valence-corrected chi connectivity index (χ4v) is 5.29. The number of aromatic nitrogens is 1. The first-order valence-corrected chi connectivity index (χ1v) is 16.2. The van der Waals surface area contributed by atoms with Crippen molar-refractivity contribution >= 4 is 46.4 Å². The van der Waals surface area contributed by atoms with E-state index >= 15 is 0 Å². The van der Waals surface area contributed by atoms with Crippen LogP contribution in [0, 0.1) is 6.92 Å². The lowest BCUT2D eigenvalue weighted by Gasteiger charge is -2.19. The maximum atomic E-state index is 14.1. The van der Waals surface area contributed by atoms with Crippen molar-refractivity contribution < 1.29 is 51.4 Å². The first kappa shape index (κ1) is 37.8. The van der Waals surface area contributed by atoms with Crippen LogP contribution in [-0.4, -0.2) is 52.3 Å². The Hall–Kier alpha value is -6.44. The minimum atomic E-state index is -5.25. The van der Waals surface area contributed by atoms with E-state index in [0.29, 0.717) is 16.6 Å². The van der Waals surface area contributed by atoms with Gasteiger partial charge in [0.1, 0.15) is 18.0 Å². The minimum Gasteiger partial charge on any atom is -0.482 e. The van der Waals surface area contributed by atoms with Crippen LogP contribution in [0.25, 0.3) is 5.52 Å². The van der Waals surface area contributed by atoms with E-state index in [9.17, 15) is 37.1 Å². The first-order valence-electron chi connectivity index (χ1n) is 16.2. The lowest BCUT2D eigenvalue weighted by molar-refractivity contribution is -0.167. The van der Waals surface area contributed by atoms with Crippen molar-refractivity contribution in [1.82, 2.24) is 4.40 Å². The smallest absolute Gasteiger partial charge is 0.471 e. The van der Waals surface area contributed by atoms with Crippen LogP contribution < -0.4 is 15.4 Å². The van der Waals surface area contributed by atoms with Crippen LogP contribution in [0.3, 0.4) is 0 Å². The van der Waals surface area contributed by atoms with Gasteiger partial charge in [0.05, 0.1) is 28.1 Å². The van der Waals surface area contributed by atoms with Gasteiger partial charge in [0.2, 0.25) is 5.78 Å². The molecule has 0 spiro atoms. The third-order valence-corrected chi connectivity index (χ3v) is 7.63. The highest BCUT2D eigenvalue weighted by Crippen LogP contribution is 2.32. The average molecular weight is 730 g/mol. The van der Waals surface area contributed by atoms with Crippen molar-refractivity contribution in [2.75, 3.05) is 17.2 Å². The van der Waals surface area contributed by atoms with Gasteiger partial charge < -0.3 is 29.2 Å². The van der Waals surface area contributed by atoms with Gasteiger partial charge in [-0.05, 0) is 81.8 Å². The summed E-state index contributed by atoms with van der Waals surface area (Å²) in [6, 6.07) is 22.9. The monoisotopic (exact) mass is 729 g/mol. The third kappa shape index (κ3) is 9.27. The van der Waals surface area contributed by atoms with Crippen molar-refractivity contribution in [2.45, 2.75) is 46.1 Å². The Bertz CT molecular complexity index is 2210. The van der Waals surface area contributed by atoms with Crippen molar-refractivity contribution in [3.8, 4) is 5.75 Å². The number of nitrogens with zero attached hydrogens (tertiary/aromatic N) is 1. The van der Waals surface area contributed by atoms with E-state index in [1.54, 1.807) is 99.9 Å². The number of fused-ring (bicyclic) bond motifs is 1. The maximum absolute atomic E-state index is 14.1. The predicted octanol–water partition coefficient (Wildman–Crippen LogP) is 7.31. The molecule has 0 aliphatic carbocycles. The van der Waals surface area contributed by atoms with Gasteiger partial charge >= 0.3 is 24.0 Å². The number of carbonyl (C=O) groups excluding carboxylic acids is 5. The van der Waals surface area contributed by atoms with Gasteiger partial charge in [-0.25, -0.2) is 9.59 Å². The number of hydrogen-bond donors (Lipinski definition) is 2. The van der Waals surface area contributed by atoms with Crippen molar-refractivity contribution in [3.63, 3.8) is 0 Å². The number of esters is 2. The summed E-state index contributed by atoms with van der Waals surface area (Å²) in [4.78, 5) is 64.8. The van der Waals surface area contributed by atoms with E-state index < -0.39 is 52.6 Å². The molecule has 0 aliphatic rings. The third-order valence-electron chi connectivity index (χ3n) is 7.63. The topological polar surface area (TPSA) is 142 Å². The molecule has 14 heteroatoms. The number of ketones is 1. The van der Waals surface area contributed by atoms with Crippen LogP contribution in [0.15, 0.2) is 97.2 Å². The van der Waals surface area contributed by atoms with Crippen LogP contribution in [0.5, 0.6) is 5.75 Å². The fourth-order valence-electron chi connectivity index (χ4n) is 5.29. The van der Waals surface area contributed by atoms with Crippen molar-refractivity contribution in [3.05, 3.63) is 131 Å². The van der Waals surface area contributed by atoms with Gasteiger partial charge in [-0.2, -0.15) is 13.2 Å². The van der Waals surface area contributed by atoms with Crippen LogP contribution in [0.1, 0.15) is 68.7 Å². The number of anilines is 2. The number of benzene rings is 3. The second kappa shape index (κ2) is 15.4. The standard InChI is InChI=1S/C39H34F3N3O8/c1-23-32(44-35(48)26-13-10-14-27(19-26)51-22-31(46)53-38(2,3)4)30-15-8-9-18-45(30)33(23)34(47)25-16-17-29(43-37(50)39(40,41)42)28(20-25)36(49)52-21-24-11-6-5-7-12-24/h5-20H,21-22H2,1-4H3,(H,43,50)(H,44,48). The van der Waals surface area contributed by atoms with Gasteiger partial charge in [-0.15, -0.1) is 0 Å². The van der Waals surface area contributed by atoms with Crippen molar-refractivity contribution in [1.29, 1.82) is 0 Å². The Morgan fingerprint density at radius 3 is 2.21 bits per heavy atom. The Morgan fingerprint density at radius 2 is 1.51 bits per heavy atom. The average Bonchev–Trinajstić information content (AvgIpc) is 3.39. The molecule has 3 aromatic carbocycles. The van der Waals surface area contributed by atoms with Crippen LogP contribution in [0.4, 0.5) is 24.5 Å². The summed E-state index contributed by atoms with van der Waals surface area (Å²) in [5.74, 6) is -4.94. The molecule has 0 unspecified atom stereocenters. The molecular weight excluding hydrogens is 695 g/mol. The quantitative estimate of drug-likeness (QED) is 0.107. The number of hydrogen-bond acceptors (Lipinski definition) is 8. The molecule has 2 aromatic heterocycles. The molecule has 274 valence electrons. The number of amides is 2. The number of ether oxygens (including phenoxy) is 3. The Kier molecular flexibility index (Phi) is 11.0. The molecule has 0 radical (unpaired) electrons. The molecule has 2 N–H and O–H groups in total. The lowest BCUT2D eigenvalue weighted by atomic mass is 10.0. The van der Waals surface area contributed by atoms with E-state index in [-0.39, 0.29) is 41.5 Å². The second-order valence-electron chi connectivity index (χ2n) is 12.8. The summed E-state index contributed by atoms with van der Waals surface area (Å²) in [5.41, 5.74) is 0.134. The zero-order valence-corrected chi connectivity index (χ0v) is 29.0. The van der Waals surface area contributed by atoms with Crippen molar-refractivity contribution in [2.24, 2.45) is 0 Å². The largest absolute Gasteiger partial charge is 0.482 e. The normalized spacial score (nSPS) is 11.5. The Morgan fingerprint density at radius 1 is 0.792 bits per heavy atom. The molecule has 0 saturated carbocycles. The summed E-state index contributed by atoms with van der Waals surface area (Å²) < 4.78 is 57.1. The molecule has 0 atom stereocenters. The first-order chi connectivity index (χ1) is 25.0. The van der Waals surface area contributed by atoms with E-state index in [0.717, 1.165) is 12.1 Å². The fraction of sp³-hybridized carbons (Fsp3) is 0.205. The number of halogens is 3. The van der Waals surface area contributed by atoms with Crippen LogP contribution >= 0.6 is 0 Å². The lowest BCUT2D eigenvalue weighted by Crippen LogP contribution is -2.30. The van der Waals surface area contributed by atoms with E-state index in [4.69, 9.17) is 14.2 Å². The molecule has 2 heterocycles. The Balaban J connectivity index is 1.44. The maximum Gasteiger partial charge on any atom is 0.471 e. The SMILES string of the molecule is Cc1c(NC(=O)c2cccc(OCC(=O)OC(C)(C)C)c2)c2ccccn2c1C(=O)c1ccc(NC(=O)C(F)(F)F)c(C(=O)OCc2ccccc2)c1. The molecule has 2 amide bonds. The number of nitrogens with one attached hydrogen (secondary N) is 2. The summed E-state index contributed by atoms with van der Waals surface area (Å²) in [5, 5.41) is 4.52. The van der Waals surface area contributed by atoms with Gasteiger partial charge in [-0.1, -0.05) is 42.5 Å². The minimum absolute atomic E-state index is 0.0843. The van der Waals surface area contributed by atoms with Crippen LogP contribution in [-0.2, 0) is 25.7 Å². The zero-order chi connectivity index (χ0) is 38.5. The number of pyridine rings is 1. The predicted molar refractivity (Wildman–Crippen MR) is 188 cm³/mol. The van der Waals surface area contributed by atoms with Crippen LogP contribution in [0.2, 0.25) is 0 Å². The zero-order valence-electron chi connectivity index (χ0n) is 29.0. The molecule has 0 aliphatic heterocycles. The highest BCUT2D eigenvalue weighted by atomic mass is 19.4. The Labute approximate surface area is 301 Å². The molecule has 0 saturated heterocycles. The molecule has 0 fully saturated rings. The number of rotatable bonds is 11. The summed E-state index contributed by atoms with van der Waals surface area (Å²) in [6.45, 7) is 6.17. The summed E-state index contributed by atoms with van der Waals surface area (Å²) >= 11 is 0. The van der Waals surface area contributed by atoms with Gasteiger partial charge in [-0.3, -0.25) is 14.4 Å². The van der Waals surface area contributed by atoms with E-state index in [1.807, 2.05) is 0 Å². The number of alkyl halides is 3. The summed E-state index contributed by atoms with van der Waals surface area (Å²) in [7, 11) is 0. The highest BCUT2D eigenvalue weighted by molar-refractivity contribution is 6.15. The molecule has 0 bridgehead atoms. The summed E-state index contributed by atoms with van der Waals surface area (Å²) in [6.07, 6.45) is -3.67. The van der Waals surface area contributed by atoms with Gasteiger partial charge in [0.25, 0.3) is 5.91 Å². The molecule has 53 heavy (non-hydrogen) atoms. The number of carbonyl (C=O) groups is 5. The second-order valence-corrected chi connectivity index (χ2v) is 12.8. The molecule has 5 rings (SSSR count). The highest BCUT2D eigenvalue weighted by Gasteiger charge is 2.39.